The van der Waals surface area contributed by atoms with Crippen LogP contribution in [0, 0.1) is 5.92 Å². The van der Waals surface area contributed by atoms with Crippen LogP contribution in [0.3, 0.4) is 0 Å². The summed E-state index contributed by atoms with van der Waals surface area (Å²) in [5.41, 5.74) is 7.81. The summed E-state index contributed by atoms with van der Waals surface area (Å²) in [6.45, 7) is 4.45. The number of methoxy groups -OCH3 is 1. The van der Waals surface area contributed by atoms with Gasteiger partial charge >= 0.3 is 0 Å². The molecule has 1 aliphatic rings. The summed E-state index contributed by atoms with van der Waals surface area (Å²) < 4.78 is 5.20. The number of rotatable bonds is 4. The molecule has 88 valence electrons. The van der Waals surface area contributed by atoms with Gasteiger partial charge in [0.15, 0.2) is 0 Å². The maximum absolute atomic E-state index is 5.95. The normalized spacial score (nSPS) is 15.9. The van der Waals surface area contributed by atoms with E-state index >= 15 is 0 Å². The Morgan fingerprint density at radius 1 is 1.38 bits per heavy atom. The predicted molar refractivity (Wildman–Crippen MR) is 67.8 cm³/mol. The van der Waals surface area contributed by atoms with E-state index in [-0.39, 0.29) is 5.54 Å². The fourth-order valence-corrected chi connectivity index (χ4v) is 2.02. The Kier molecular flexibility index (Phi) is 2.70. The van der Waals surface area contributed by atoms with Gasteiger partial charge in [0.1, 0.15) is 5.75 Å². The number of ether oxygens (including phenoxy) is 1. The molecule has 1 aromatic carbocycles. The fourth-order valence-electron chi connectivity index (χ4n) is 2.02. The molecule has 0 atom stereocenters. The van der Waals surface area contributed by atoms with Gasteiger partial charge in [-0.3, -0.25) is 0 Å². The van der Waals surface area contributed by atoms with E-state index in [2.05, 4.69) is 19.2 Å². The standard InChI is InChI=1S/C13H20N2O/c1-13(2,9-4-5-9)15-12-8-10(16-3)6-7-11(12)14/h6-9,15H,4-5,14H2,1-3H3. The first-order valence-corrected chi connectivity index (χ1v) is 5.74. The molecule has 3 nitrogen and oxygen atoms in total. The lowest BCUT2D eigenvalue weighted by molar-refractivity contribution is 0.414. The van der Waals surface area contributed by atoms with E-state index in [4.69, 9.17) is 10.5 Å². The molecule has 3 heteroatoms. The van der Waals surface area contributed by atoms with Crippen molar-refractivity contribution in [3.05, 3.63) is 18.2 Å². The van der Waals surface area contributed by atoms with Gasteiger partial charge < -0.3 is 15.8 Å². The number of nitrogen functional groups attached to an aromatic ring is 1. The van der Waals surface area contributed by atoms with E-state index in [0.29, 0.717) is 0 Å². The Bertz CT molecular complexity index is 384. The maximum atomic E-state index is 5.95. The molecular weight excluding hydrogens is 200 g/mol. The van der Waals surface area contributed by atoms with Crippen molar-refractivity contribution < 1.29 is 4.74 Å². The molecule has 2 rings (SSSR count). The third kappa shape index (κ3) is 2.23. The molecule has 0 bridgehead atoms. The third-order valence-electron chi connectivity index (χ3n) is 3.32. The zero-order valence-electron chi connectivity index (χ0n) is 10.2. The zero-order chi connectivity index (χ0) is 11.8. The molecule has 16 heavy (non-hydrogen) atoms. The Morgan fingerprint density at radius 2 is 2.06 bits per heavy atom. The van der Waals surface area contributed by atoms with Crippen LogP contribution in [0.5, 0.6) is 5.75 Å². The molecule has 1 fully saturated rings. The van der Waals surface area contributed by atoms with E-state index < -0.39 is 0 Å². The van der Waals surface area contributed by atoms with Crippen LogP contribution in [0.25, 0.3) is 0 Å². The van der Waals surface area contributed by atoms with Crippen molar-refractivity contribution in [2.45, 2.75) is 32.2 Å². The van der Waals surface area contributed by atoms with E-state index in [1.54, 1.807) is 7.11 Å². The molecule has 0 amide bonds. The largest absolute Gasteiger partial charge is 0.497 e. The fraction of sp³-hybridized carbons (Fsp3) is 0.538. The third-order valence-corrected chi connectivity index (χ3v) is 3.32. The Balaban J connectivity index is 2.19. The van der Waals surface area contributed by atoms with Gasteiger partial charge in [-0.2, -0.15) is 0 Å². The summed E-state index contributed by atoms with van der Waals surface area (Å²) >= 11 is 0. The summed E-state index contributed by atoms with van der Waals surface area (Å²) in [6, 6.07) is 5.72. The molecule has 0 unspecified atom stereocenters. The van der Waals surface area contributed by atoms with Crippen LogP contribution in [0.1, 0.15) is 26.7 Å². The molecule has 0 spiro atoms. The first-order valence-electron chi connectivity index (χ1n) is 5.74. The summed E-state index contributed by atoms with van der Waals surface area (Å²) in [5, 5.41) is 3.52. The first kappa shape index (κ1) is 11.1. The van der Waals surface area contributed by atoms with Crippen molar-refractivity contribution >= 4 is 11.4 Å². The lowest BCUT2D eigenvalue weighted by Crippen LogP contribution is -2.33. The highest BCUT2D eigenvalue weighted by Crippen LogP contribution is 2.42. The molecule has 1 saturated carbocycles. The van der Waals surface area contributed by atoms with Gasteiger partial charge in [-0.05, 0) is 44.7 Å². The Hall–Kier alpha value is -1.38. The lowest BCUT2D eigenvalue weighted by atomic mass is 9.98. The number of hydrogen-bond acceptors (Lipinski definition) is 3. The smallest absolute Gasteiger partial charge is 0.121 e. The molecule has 0 radical (unpaired) electrons. The Morgan fingerprint density at radius 3 is 2.62 bits per heavy atom. The molecule has 0 heterocycles. The maximum Gasteiger partial charge on any atom is 0.121 e. The zero-order valence-corrected chi connectivity index (χ0v) is 10.2. The second-order valence-corrected chi connectivity index (χ2v) is 5.07. The second-order valence-electron chi connectivity index (χ2n) is 5.07. The topological polar surface area (TPSA) is 47.3 Å². The number of nitrogens with two attached hydrogens (primary N) is 1. The van der Waals surface area contributed by atoms with Gasteiger partial charge in [0.05, 0.1) is 18.5 Å². The van der Waals surface area contributed by atoms with Crippen molar-refractivity contribution in [2.24, 2.45) is 5.92 Å². The predicted octanol–water partition coefficient (Wildman–Crippen LogP) is 2.88. The van der Waals surface area contributed by atoms with Gasteiger partial charge in [0.2, 0.25) is 0 Å². The van der Waals surface area contributed by atoms with Crippen LogP contribution in [0.15, 0.2) is 18.2 Å². The molecule has 0 saturated heterocycles. The van der Waals surface area contributed by atoms with Crippen molar-refractivity contribution in [3.63, 3.8) is 0 Å². The van der Waals surface area contributed by atoms with Crippen LogP contribution in [0.4, 0.5) is 11.4 Å². The van der Waals surface area contributed by atoms with E-state index in [0.717, 1.165) is 23.0 Å². The Labute approximate surface area is 97.0 Å². The number of benzene rings is 1. The molecule has 1 aromatic rings. The van der Waals surface area contributed by atoms with Gasteiger partial charge in [-0.1, -0.05) is 0 Å². The lowest BCUT2D eigenvalue weighted by Gasteiger charge is -2.28. The number of anilines is 2. The molecule has 3 N–H and O–H groups in total. The number of nitrogens with one attached hydrogen (secondary N) is 1. The van der Waals surface area contributed by atoms with Gasteiger partial charge in [-0.15, -0.1) is 0 Å². The minimum Gasteiger partial charge on any atom is -0.497 e. The van der Waals surface area contributed by atoms with Crippen LogP contribution in [-0.2, 0) is 0 Å². The minimum atomic E-state index is 0.112. The molecular formula is C13H20N2O. The van der Waals surface area contributed by atoms with Gasteiger partial charge in [0, 0.05) is 11.6 Å². The highest BCUT2D eigenvalue weighted by atomic mass is 16.5. The quantitative estimate of drug-likeness (QED) is 0.767. The van der Waals surface area contributed by atoms with Crippen LogP contribution >= 0.6 is 0 Å². The van der Waals surface area contributed by atoms with E-state index in [9.17, 15) is 0 Å². The summed E-state index contributed by atoms with van der Waals surface area (Å²) in [5.74, 6) is 1.60. The molecule has 0 aliphatic heterocycles. The number of hydrogen-bond donors (Lipinski definition) is 2. The van der Waals surface area contributed by atoms with Crippen molar-refractivity contribution in [1.29, 1.82) is 0 Å². The SMILES string of the molecule is COc1ccc(N)c(NC(C)(C)C2CC2)c1. The van der Waals surface area contributed by atoms with Gasteiger partial charge in [-0.25, -0.2) is 0 Å². The highest BCUT2D eigenvalue weighted by Gasteiger charge is 2.37. The average molecular weight is 220 g/mol. The van der Waals surface area contributed by atoms with Gasteiger partial charge in [0.25, 0.3) is 0 Å². The average Bonchev–Trinajstić information content (AvgIpc) is 3.04. The van der Waals surface area contributed by atoms with Crippen LogP contribution < -0.4 is 15.8 Å². The minimum absolute atomic E-state index is 0.112. The first-order chi connectivity index (χ1) is 7.53. The summed E-state index contributed by atoms with van der Waals surface area (Å²) in [7, 11) is 1.67. The monoisotopic (exact) mass is 220 g/mol. The summed E-state index contributed by atoms with van der Waals surface area (Å²) in [6.07, 6.45) is 2.62. The molecule has 1 aliphatic carbocycles. The summed E-state index contributed by atoms with van der Waals surface area (Å²) in [4.78, 5) is 0. The van der Waals surface area contributed by atoms with Crippen molar-refractivity contribution in [1.82, 2.24) is 0 Å². The molecule has 0 aromatic heterocycles. The highest BCUT2D eigenvalue weighted by molar-refractivity contribution is 5.69. The van der Waals surface area contributed by atoms with Crippen LogP contribution in [0.2, 0.25) is 0 Å². The van der Waals surface area contributed by atoms with Crippen molar-refractivity contribution in [3.8, 4) is 5.75 Å². The second kappa shape index (κ2) is 3.89. The van der Waals surface area contributed by atoms with E-state index in [1.165, 1.54) is 12.8 Å². The van der Waals surface area contributed by atoms with E-state index in [1.807, 2.05) is 18.2 Å². The van der Waals surface area contributed by atoms with Crippen LogP contribution in [-0.4, -0.2) is 12.6 Å². The van der Waals surface area contributed by atoms with Crippen molar-refractivity contribution in [2.75, 3.05) is 18.2 Å².